The van der Waals surface area contributed by atoms with Gasteiger partial charge in [-0.1, -0.05) is 23.7 Å². The monoisotopic (exact) mass is 410 g/mol. The summed E-state index contributed by atoms with van der Waals surface area (Å²) in [5.41, 5.74) is 1.77. The summed E-state index contributed by atoms with van der Waals surface area (Å²) >= 11 is 8.09. The van der Waals surface area contributed by atoms with E-state index < -0.39 is 0 Å². The number of thiophene rings is 1. The molecule has 4 heterocycles. The summed E-state index contributed by atoms with van der Waals surface area (Å²) in [6, 6.07) is 11.6. The largest absolute Gasteiger partial charge is 0.454 e. The molecule has 1 aliphatic rings. The van der Waals surface area contributed by atoms with Crippen molar-refractivity contribution in [2.45, 2.75) is 13.5 Å². The molecule has 0 aliphatic carbocycles. The Hall–Kier alpha value is -2.90. The predicted octanol–water partition coefficient (Wildman–Crippen LogP) is 5.06. The number of ether oxygens (including phenoxy) is 2. The smallest absolute Gasteiger partial charge is 0.231 e. The lowest BCUT2D eigenvalue weighted by molar-refractivity contribution is 0.174. The van der Waals surface area contributed by atoms with E-state index in [2.05, 4.69) is 15.3 Å². The van der Waals surface area contributed by atoms with Gasteiger partial charge in [0.1, 0.15) is 16.3 Å². The number of nitrogens with zero attached hydrogens (tertiary/aromatic N) is 3. The first-order chi connectivity index (χ1) is 13.7. The molecule has 6 nitrogen and oxygen atoms in total. The van der Waals surface area contributed by atoms with Gasteiger partial charge < -0.3 is 14.8 Å². The summed E-state index contributed by atoms with van der Waals surface area (Å²) in [7, 11) is 0. The number of nitrogens with one attached hydrogen (secondary N) is 1. The van der Waals surface area contributed by atoms with Crippen molar-refractivity contribution < 1.29 is 9.47 Å². The maximum Gasteiger partial charge on any atom is 0.231 e. The standard InChI is InChI=1S/C20H15ClN4O2S/c1-11-17(21)16-19(23-9-12-5-6-14-15(8-12)27-10-26-14)24-18(25-20(16)28-11)13-4-2-3-7-22-13/h2-8H,9-10H2,1H3,(H,23,24,25). The number of rotatable bonds is 4. The van der Waals surface area contributed by atoms with E-state index >= 15 is 0 Å². The second kappa shape index (κ2) is 6.92. The molecule has 1 N–H and O–H groups in total. The Kier molecular flexibility index (Phi) is 4.26. The van der Waals surface area contributed by atoms with Gasteiger partial charge in [0.25, 0.3) is 0 Å². The van der Waals surface area contributed by atoms with Crippen LogP contribution in [0.1, 0.15) is 10.4 Å². The lowest BCUT2D eigenvalue weighted by atomic mass is 10.2. The van der Waals surface area contributed by atoms with Crippen molar-refractivity contribution in [2.75, 3.05) is 12.1 Å². The quantitative estimate of drug-likeness (QED) is 0.507. The van der Waals surface area contributed by atoms with Crippen molar-refractivity contribution in [2.24, 2.45) is 0 Å². The number of aryl methyl sites for hydroxylation is 1. The molecule has 4 aromatic rings. The Balaban J connectivity index is 1.53. The first-order valence-electron chi connectivity index (χ1n) is 8.69. The van der Waals surface area contributed by atoms with Gasteiger partial charge in [-0.3, -0.25) is 4.98 Å². The zero-order valence-corrected chi connectivity index (χ0v) is 16.5. The average molecular weight is 411 g/mol. The van der Waals surface area contributed by atoms with E-state index in [1.807, 2.05) is 43.3 Å². The van der Waals surface area contributed by atoms with Gasteiger partial charge in [-0.05, 0) is 36.8 Å². The zero-order valence-electron chi connectivity index (χ0n) is 14.9. The topological polar surface area (TPSA) is 69.2 Å². The Morgan fingerprint density at radius 2 is 2.04 bits per heavy atom. The minimum absolute atomic E-state index is 0.260. The van der Waals surface area contributed by atoms with E-state index in [0.717, 1.165) is 37.9 Å². The van der Waals surface area contributed by atoms with Gasteiger partial charge in [-0.2, -0.15) is 0 Å². The van der Waals surface area contributed by atoms with Gasteiger partial charge in [-0.25, -0.2) is 9.97 Å². The van der Waals surface area contributed by atoms with Crippen molar-refractivity contribution in [1.29, 1.82) is 0 Å². The van der Waals surface area contributed by atoms with Gasteiger partial charge >= 0.3 is 0 Å². The van der Waals surface area contributed by atoms with Crippen molar-refractivity contribution in [3.8, 4) is 23.0 Å². The lowest BCUT2D eigenvalue weighted by Crippen LogP contribution is -2.04. The summed E-state index contributed by atoms with van der Waals surface area (Å²) in [6.07, 6.45) is 1.73. The van der Waals surface area contributed by atoms with Crippen LogP contribution in [0.4, 0.5) is 5.82 Å². The second-order valence-corrected chi connectivity index (χ2v) is 7.89. The molecule has 0 saturated heterocycles. The number of pyridine rings is 1. The molecule has 28 heavy (non-hydrogen) atoms. The summed E-state index contributed by atoms with van der Waals surface area (Å²) < 4.78 is 10.8. The molecule has 3 aromatic heterocycles. The molecule has 140 valence electrons. The van der Waals surface area contributed by atoms with Crippen LogP contribution in [0, 0.1) is 6.92 Å². The molecule has 8 heteroatoms. The fourth-order valence-corrected chi connectivity index (χ4v) is 4.32. The van der Waals surface area contributed by atoms with E-state index in [1.165, 1.54) is 0 Å². The first kappa shape index (κ1) is 17.2. The SMILES string of the molecule is Cc1sc2nc(-c3ccccn3)nc(NCc3ccc4c(c3)OCO4)c2c1Cl. The molecule has 0 saturated carbocycles. The van der Waals surface area contributed by atoms with Crippen LogP contribution in [0.15, 0.2) is 42.6 Å². The highest BCUT2D eigenvalue weighted by molar-refractivity contribution is 7.19. The molecule has 0 spiro atoms. The molecular formula is C20H15ClN4O2S. The Morgan fingerprint density at radius 1 is 1.14 bits per heavy atom. The zero-order chi connectivity index (χ0) is 19.1. The number of hydrogen-bond donors (Lipinski definition) is 1. The highest BCUT2D eigenvalue weighted by Crippen LogP contribution is 2.39. The summed E-state index contributed by atoms with van der Waals surface area (Å²) in [5.74, 6) is 2.78. The van der Waals surface area contributed by atoms with Gasteiger partial charge in [0.05, 0.1) is 10.4 Å². The molecular weight excluding hydrogens is 396 g/mol. The van der Waals surface area contributed by atoms with E-state index in [-0.39, 0.29) is 6.79 Å². The minimum atomic E-state index is 0.260. The molecule has 0 amide bonds. The fraction of sp³-hybridized carbons (Fsp3) is 0.150. The molecule has 0 radical (unpaired) electrons. The van der Waals surface area contributed by atoms with Gasteiger partial charge in [0.2, 0.25) is 6.79 Å². The third-order valence-corrected chi connectivity index (χ3v) is 6.03. The van der Waals surface area contributed by atoms with Crippen LogP contribution in [0.2, 0.25) is 5.02 Å². The first-order valence-corrected chi connectivity index (χ1v) is 9.89. The predicted molar refractivity (Wildman–Crippen MR) is 110 cm³/mol. The summed E-state index contributed by atoms with van der Waals surface area (Å²) in [6.45, 7) is 2.81. The van der Waals surface area contributed by atoms with E-state index in [0.29, 0.717) is 23.2 Å². The summed E-state index contributed by atoms with van der Waals surface area (Å²) in [5, 5.41) is 4.93. The van der Waals surface area contributed by atoms with Crippen LogP contribution < -0.4 is 14.8 Å². The normalized spacial score (nSPS) is 12.5. The number of halogens is 1. The fourth-order valence-electron chi connectivity index (χ4n) is 3.05. The van der Waals surface area contributed by atoms with Crippen molar-refractivity contribution in [3.63, 3.8) is 0 Å². The van der Waals surface area contributed by atoms with Gasteiger partial charge in [0, 0.05) is 17.6 Å². The Morgan fingerprint density at radius 3 is 2.89 bits per heavy atom. The maximum atomic E-state index is 6.54. The van der Waals surface area contributed by atoms with E-state index in [9.17, 15) is 0 Å². The number of hydrogen-bond acceptors (Lipinski definition) is 7. The van der Waals surface area contributed by atoms with Crippen molar-refractivity contribution >= 4 is 39.0 Å². The molecule has 1 aliphatic heterocycles. The molecule has 0 atom stereocenters. The van der Waals surface area contributed by atoms with Crippen LogP contribution in [0.25, 0.3) is 21.7 Å². The third kappa shape index (κ3) is 3.02. The van der Waals surface area contributed by atoms with Crippen LogP contribution in [-0.4, -0.2) is 21.7 Å². The third-order valence-electron chi connectivity index (χ3n) is 4.45. The van der Waals surface area contributed by atoms with Crippen LogP contribution in [-0.2, 0) is 6.54 Å². The highest BCUT2D eigenvalue weighted by atomic mass is 35.5. The minimum Gasteiger partial charge on any atom is -0.454 e. The number of aromatic nitrogens is 3. The van der Waals surface area contributed by atoms with Gasteiger partial charge in [-0.15, -0.1) is 11.3 Å². The van der Waals surface area contributed by atoms with E-state index in [4.69, 9.17) is 26.1 Å². The van der Waals surface area contributed by atoms with Crippen LogP contribution >= 0.6 is 22.9 Å². The van der Waals surface area contributed by atoms with Crippen LogP contribution in [0.3, 0.4) is 0 Å². The number of benzene rings is 1. The number of fused-ring (bicyclic) bond motifs is 2. The lowest BCUT2D eigenvalue weighted by Gasteiger charge is -2.10. The maximum absolute atomic E-state index is 6.54. The second-order valence-electron chi connectivity index (χ2n) is 6.30. The Bertz CT molecular complexity index is 1180. The molecule has 5 rings (SSSR count). The summed E-state index contributed by atoms with van der Waals surface area (Å²) in [4.78, 5) is 15.6. The van der Waals surface area contributed by atoms with E-state index in [1.54, 1.807) is 17.5 Å². The molecule has 0 fully saturated rings. The number of anilines is 1. The highest BCUT2D eigenvalue weighted by Gasteiger charge is 2.18. The van der Waals surface area contributed by atoms with Crippen molar-refractivity contribution in [1.82, 2.24) is 15.0 Å². The van der Waals surface area contributed by atoms with Gasteiger partial charge in [0.15, 0.2) is 17.3 Å². The molecule has 0 bridgehead atoms. The van der Waals surface area contributed by atoms with Crippen LogP contribution in [0.5, 0.6) is 11.5 Å². The Labute approximate surface area is 170 Å². The molecule has 0 unspecified atom stereocenters. The molecule has 1 aromatic carbocycles. The van der Waals surface area contributed by atoms with Crippen molar-refractivity contribution in [3.05, 3.63) is 58.1 Å². The average Bonchev–Trinajstić information content (AvgIpc) is 3.30.